The summed E-state index contributed by atoms with van der Waals surface area (Å²) in [4.78, 5) is 13.8. The van der Waals surface area contributed by atoms with E-state index in [1.165, 1.54) is 47.4 Å². The number of carbonyl (C=O) groups is 1. The number of carbonyl (C=O) groups excluding carboxylic acids is 1. The molecule has 0 radical (unpaired) electrons. The number of hydrogen-bond acceptors (Lipinski definition) is 4. The number of halogens is 2. The Morgan fingerprint density at radius 2 is 1.69 bits per heavy atom. The van der Waals surface area contributed by atoms with Crippen LogP contribution >= 0.6 is 0 Å². The van der Waals surface area contributed by atoms with E-state index in [4.69, 9.17) is 9.26 Å². The van der Waals surface area contributed by atoms with Crippen molar-refractivity contribution in [1.82, 2.24) is 10.1 Å². The predicted octanol–water partition coefficient (Wildman–Crippen LogP) is 3.77. The van der Waals surface area contributed by atoms with Gasteiger partial charge in [-0.1, -0.05) is 5.16 Å². The van der Waals surface area contributed by atoms with Gasteiger partial charge in [0.2, 0.25) is 5.76 Å². The molecule has 0 saturated heterocycles. The van der Waals surface area contributed by atoms with Crippen molar-refractivity contribution < 1.29 is 22.8 Å². The normalized spacial score (nSPS) is 10.6. The fraction of sp³-hybridized carbons (Fsp3) is 0.158. The van der Waals surface area contributed by atoms with E-state index in [0.717, 1.165) is 0 Å². The molecule has 1 heterocycles. The molecule has 5 nitrogen and oxygen atoms in total. The SMILES string of the molecule is CN(CCOc1ccc(F)cc1)C(=O)c1cc(-c2ccc(F)cc2)no1. The zero-order chi connectivity index (χ0) is 18.5. The van der Waals surface area contributed by atoms with Crippen molar-refractivity contribution in [3.63, 3.8) is 0 Å². The van der Waals surface area contributed by atoms with Gasteiger partial charge in [-0.05, 0) is 48.5 Å². The summed E-state index contributed by atoms with van der Waals surface area (Å²) < 4.78 is 36.4. The van der Waals surface area contributed by atoms with Crippen LogP contribution < -0.4 is 4.74 Å². The van der Waals surface area contributed by atoms with Gasteiger partial charge in [0, 0.05) is 18.7 Å². The quantitative estimate of drug-likeness (QED) is 0.673. The highest BCUT2D eigenvalue weighted by molar-refractivity contribution is 5.92. The molecule has 0 fully saturated rings. The van der Waals surface area contributed by atoms with Crippen LogP contribution in [0, 0.1) is 11.6 Å². The molecule has 0 atom stereocenters. The summed E-state index contributed by atoms with van der Waals surface area (Å²) in [6.45, 7) is 0.551. The Balaban J connectivity index is 1.56. The Bertz CT molecular complexity index is 877. The molecule has 134 valence electrons. The monoisotopic (exact) mass is 358 g/mol. The molecule has 0 aliphatic heterocycles. The number of hydrogen-bond donors (Lipinski definition) is 0. The van der Waals surface area contributed by atoms with Gasteiger partial charge in [0.1, 0.15) is 29.7 Å². The molecule has 0 unspecified atom stereocenters. The van der Waals surface area contributed by atoms with Gasteiger partial charge < -0.3 is 14.2 Å². The molecule has 2 aromatic carbocycles. The van der Waals surface area contributed by atoms with Crippen molar-refractivity contribution in [1.29, 1.82) is 0 Å². The predicted molar refractivity (Wildman–Crippen MR) is 90.8 cm³/mol. The van der Waals surface area contributed by atoms with Crippen LogP contribution in [0.3, 0.4) is 0 Å². The molecule has 0 N–H and O–H groups in total. The van der Waals surface area contributed by atoms with E-state index in [1.54, 1.807) is 19.2 Å². The van der Waals surface area contributed by atoms with Crippen LogP contribution in [-0.4, -0.2) is 36.2 Å². The third-order valence-electron chi connectivity index (χ3n) is 3.72. The Labute approximate surface area is 148 Å². The topological polar surface area (TPSA) is 55.6 Å². The number of likely N-dealkylation sites (N-methyl/N-ethyl adjacent to an activating group) is 1. The molecule has 1 amide bonds. The summed E-state index contributed by atoms with van der Waals surface area (Å²) >= 11 is 0. The fourth-order valence-corrected chi connectivity index (χ4v) is 2.25. The summed E-state index contributed by atoms with van der Waals surface area (Å²) in [6.07, 6.45) is 0. The Kier molecular flexibility index (Phi) is 5.26. The molecular formula is C19H16F2N2O3. The number of ether oxygens (including phenoxy) is 1. The summed E-state index contributed by atoms with van der Waals surface area (Å²) in [5.74, 6) is -0.450. The first-order valence-electron chi connectivity index (χ1n) is 7.89. The number of aromatic nitrogens is 1. The third kappa shape index (κ3) is 4.24. The van der Waals surface area contributed by atoms with Crippen LogP contribution in [0.4, 0.5) is 8.78 Å². The minimum Gasteiger partial charge on any atom is -0.492 e. The highest BCUT2D eigenvalue weighted by Crippen LogP contribution is 2.20. The summed E-state index contributed by atoms with van der Waals surface area (Å²) in [6, 6.07) is 12.9. The average Bonchev–Trinajstić information content (AvgIpc) is 3.13. The van der Waals surface area contributed by atoms with Gasteiger partial charge in [-0.25, -0.2) is 8.78 Å². The van der Waals surface area contributed by atoms with E-state index in [-0.39, 0.29) is 29.9 Å². The maximum atomic E-state index is 13.0. The van der Waals surface area contributed by atoms with E-state index < -0.39 is 0 Å². The molecule has 1 aromatic heterocycles. The molecule has 0 spiro atoms. The second-order valence-electron chi connectivity index (χ2n) is 5.61. The largest absolute Gasteiger partial charge is 0.492 e. The van der Waals surface area contributed by atoms with Crippen LogP contribution in [0.1, 0.15) is 10.6 Å². The van der Waals surface area contributed by atoms with Crippen molar-refractivity contribution in [3.8, 4) is 17.0 Å². The molecule has 7 heteroatoms. The minimum atomic E-state index is -0.353. The highest BCUT2D eigenvalue weighted by Gasteiger charge is 2.18. The molecule has 26 heavy (non-hydrogen) atoms. The number of rotatable bonds is 6. The summed E-state index contributed by atoms with van der Waals surface area (Å²) in [5, 5.41) is 3.84. The second kappa shape index (κ2) is 7.77. The summed E-state index contributed by atoms with van der Waals surface area (Å²) in [5.41, 5.74) is 1.10. The van der Waals surface area contributed by atoms with Crippen LogP contribution in [-0.2, 0) is 0 Å². The maximum absolute atomic E-state index is 13.0. The summed E-state index contributed by atoms with van der Waals surface area (Å²) in [7, 11) is 1.61. The molecular weight excluding hydrogens is 342 g/mol. The van der Waals surface area contributed by atoms with Gasteiger partial charge in [0.25, 0.3) is 5.91 Å². The zero-order valence-corrected chi connectivity index (χ0v) is 14.0. The highest BCUT2D eigenvalue weighted by atomic mass is 19.1. The molecule has 0 aliphatic carbocycles. The molecule has 3 aromatic rings. The lowest BCUT2D eigenvalue weighted by Crippen LogP contribution is -2.30. The number of amides is 1. The van der Waals surface area contributed by atoms with Crippen molar-refractivity contribution in [2.45, 2.75) is 0 Å². The van der Waals surface area contributed by atoms with E-state index in [1.807, 2.05) is 0 Å². The van der Waals surface area contributed by atoms with Crippen molar-refractivity contribution >= 4 is 5.91 Å². The lowest BCUT2D eigenvalue weighted by molar-refractivity contribution is 0.0732. The fourth-order valence-electron chi connectivity index (χ4n) is 2.25. The van der Waals surface area contributed by atoms with Gasteiger partial charge in [-0.3, -0.25) is 4.79 Å². The van der Waals surface area contributed by atoms with E-state index in [0.29, 0.717) is 23.6 Å². The Morgan fingerprint density at radius 3 is 2.35 bits per heavy atom. The Hall–Kier alpha value is -3.22. The zero-order valence-electron chi connectivity index (χ0n) is 14.0. The lowest BCUT2D eigenvalue weighted by atomic mass is 10.1. The molecule has 0 saturated carbocycles. The van der Waals surface area contributed by atoms with E-state index >= 15 is 0 Å². The molecule has 0 aliphatic rings. The first-order valence-corrected chi connectivity index (χ1v) is 7.89. The minimum absolute atomic E-state index is 0.0774. The second-order valence-corrected chi connectivity index (χ2v) is 5.61. The lowest BCUT2D eigenvalue weighted by Gasteiger charge is -2.15. The van der Waals surface area contributed by atoms with Gasteiger partial charge in [-0.15, -0.1) is 0 Å². The third-order valence-corrected chi connectivity index (χ3v) is 3.72. The smallest absolute Gasteiger partial charge is 0.292 e. The van der Waals surface area contributed by atoms with Crippen molar-refractivity contribution in [2.24, 2.45) is 0 Å². The van der Waals surface area contributed by atoms with Crippen LogP contribution in [0.15, 0.2) is 59.1 Å². The molecule has 3 rings (SSSR count). The standard InChI is InChI=1S/C19H16F2N2O3/c1-23(10-11-25-16-8-6-15(21)7-9-16)19(24)18-12-17(22-26-18)13-2-4-14(20)5-3-13/h2-9,12H,10-11H2,1H3. The van der Waals surface area contributed by atoms with Gasteiger partial charge in [0.05, 0.1) is 6.54 Å². The molecule has 0 bridgehead atoms. The van der Waals surface area contributed by atoms with Gasteiger partial charge in [-0.2, -0.15) is 0 Å². The van der Waals surface area contributed by atoms with E-state index in [9.17, 15) is 13.6 Å². The van der Waals surface area contributed by atoms with E-state index in [2.05, 4.69) is 5.16 Å². The Morgan fingerprint density at radius 1 is 1.08 bits per heavy atom. The maximum Gasteiger partial charge on any atom is 0.292 e. The van der Waals surface area contributed by atoms with Crippen molar-refractivity contribution in [2.75, 3.05) is 20.2 Å². The van der Waals surface area contributed by atoms with Crippen LogP contribution in [0.25, 0.3) is 11.3 Å². The first-order chi connectivity index (χ1) is 12.5. The number of nitrogens with zero attached hydrogens (tertiary/aromatic N) is 2. The van der Waals surface area contributed by atoms with Crippen LogP contribution in [0.2, 0.25) is 0 Å². The first kappa shape index (κ1) is 17.6. The van der Waals surface area contributed by atoms with Gasteiger partial charge in [0.15, 0.2) is 0 Å². The average molecular weight is 358 g/mol. The number of benzene rings is 2. The van der Waals surface area contributed by atoms with Crippen LogP contribution in [0.5, 0.6) is 5.75 Å². The van der Waals surface area contributed by atoms with Gasteiger partial charge >= 0.3 is 0 Å². The van der Waals surface area contributed by atoms with Crippen molar-refractivity contribution in [3.05, 3.63) is 72.0 Å².